The average molecular weight is 457 g/mol. The van der Waals surface area contributed by atoms with Gasteiger partial charge in [-0.1, -0.05) is 0 Å². The van der Waals surface area contributed by atoms with Crippen molar-refractivity contribution in [3.05, 3.63) is 30.1 Å². The maximum atomic E-state index is 14.5. The molecule has 0 spiro atoms. The number of amides is 2. The molecule has 0 atom stereocenters. The third kappa shape index (κ3) is 5.32. The van der Waals surface area contributed by atoms with Gasteiger partial charge < -0.3 is 15.2 Å². The minimum atomic E-state index is -3.84. The van der Waals surface area contributed by atoms with Crippen molar-refractivity contribution in [3.63, 3.8) is 0 Å². The molecule has 3 rings (SSSR count). The molecule has 2 aromatic heterocycles. The Balaban J connectivity index is 1.84. The molecule has 166 valence electrons. The van der Waals surface area contributed by atoms with Crippen molar-refractivity contribution < 1.29 is 31.8 Å². The molecule has 0 aliphatic rings. The number of halogens is 2. The first-order valence-electron chi connectivity index (χ1n) is 8.66. The van der Waals surface area contributed by atoms with Gasteiger partial charge >= 0.3 is 6.03 Å². The zero-order chi connectivity index (χ0) is 22.6. The number of anilines is 3. The summed E-state index contributed by atoms with van der Waals surface area (Å²) in [6, 6.07) is 0.597. The fraction of sp³-hybridized carbons (Fsp3) is 0.250. The number of ether oxygens (including phenoxy) is 1. The minimum absolute atomic E-state index is 0.0519. The van der Waals surface area contributed by atoms with Gasteiger partial charge in [-0.25, -0.2) is 32.0 Å². The van der Waals surface area contributed by atoms with E-state index < -0.39 is 39.1 Å². The van der Waals surface area contributed by atoms with Crippen molar-refractivity contribution in [3.8, 4) is 5.88 Å². The van der Waals surface area contributed by atoms with E-state index in [1.54, 1.807) is 0 Å². The van der Waals surface area contributed by atoms with E-state index in [2.05, 4.69) is 25.5 Å². The van der Waals surface area contributed by atoms with Crippen LogP contribution in [0.15, 0.2) is 18.5 Å². The van der Waals surface area contributed by atoms with Gasteiger partial charge in [0.1, 0.15) is 23.2 Å². The van der Waals surface area contributed by atoms with Crippen LogP contribution in [0.2, 0.25) is 0 Å². The number of sulfonamides is 1. The Morgan fingerprint density at radius 2 is 2.03 bits per heavy atom. The van der Waals surface area contributed by atoms with Crippen molar-refractivity contribution in [2.45, 2.75) is 6.42 Å². The van der Waals surface area contributed by atoms with E-state index in [1.807, 2.05) is 10.0 Å². The second kappa shape index (κ2) is 9.05. The topological polar surface area (TPSA) is 171 Å². The SMILES string of the molecule is CS(=O)(=O)Nc1ccc(F)c(NC(=O)Nc2ncnc3[nH]nc(OCCCO)c23)c1F. The van der Waals surface area contributed by atoms with Crippen LogP contribution >= 0.6 is 0 Å². The lowest BCUT2D eigenvalue weighted by atomic mass is 10.2. The summed E-state index contributed by atoms with van der Waals surface area (Å²) in [4.78, 5) is 20.2. The Hall–Kier alpha value is -3.59. The monoisotopic (exact) mass is 457 g/mol. The molecule has 1 aromatic carbocycles. The molecule has 3 aromatic rings. The number of benzene rings is 1. The van der Waals surface area contributed by atoms with Crippen LogP contribution in [0.1, 0.15) is 6.42 Å². The highest BCUT2D eigenvalue weighted by Gasteiger charge is 2.20. The van der Waals surface area contributed by atoms with Crippen molar-refractivity contribution in [1.29, 1.82) is 0 Å². The van der Waals surface area contributed by atoms with E-state index >= 15 is 0 Å². The second-order valence-corrected chi connectivity index (χ2v) is 7.89. The summed E-state index contributed by atoms with van der Waals surface area (Å²) in [5.41, 5.74) is -1.19. The number of aromatic amines is 1. The second-order valence-electron chi connectivity index (χ2n) is 6.14. The lowest BCUT2D eigenvalue weighted by molar-refractivity contribution is 0.230. The highest BCUT2D eigenvalue weighted by atomic mass is 32.2. The normalized spacial score (nSPS) is 11.4. The van der Waals surface area contributed by atoms with Crippen molar-refractivity contribution in [2.24, 2.45) is 0 Å². The van der Waals surface area contributed by atoms with E-state index in [0.29, 0.717) is 6.42 Å². The molecule has 0 radical (unpaired) electrons. The number of carbonyl (C=O) groups excluding carboxylic acids is 1. The zero-order valence-electron chi connectivity index (χ0n) is 15.9. The largest absolute Gasteiger partial charge is 0.476 e. The number of urea groups is 1. The summed E-state index contributed by atoms with van der Waals surface area (Å²) in [6.07, 6.45) is 2.24. The number of nitrogens with zero attached hydrogens (tertiary/aromatic N) is 3. The first-order chi connectivity index (χ1) is 14.7. The van der Waals surface area contributed by atoms with Crippen LogP contribution in [0.3, 0.4) is 0 Å². The molecular formula is C16H17F2N7O5S. The molecule has 0 aliphatic heterocycles. The van der Waals surface area contributed by atoms with E-state index in [4.69, 9.17) is 9.84 Å². The number of hydrogen-bond donors (Lipinski definition) is 5. The first kappa shape index (κ1) is 22.1. The summed E-state index contributed by atoms with van der Waals surface area (Å²) in [7, 11) is -3.84. The average Bonchev–Trinajstić information content (AvgIpc) is 3.11. The lowest BCUT2D eigenvalue weighted by Crippen LogP contribution is -2.22. The summed E-state index contributed by atoms with van der Waals surface area (Å²) >= 11 is 0. The quantitative estimate of drug-likeness (QED) is 0.316. The Labute approximate surface area is 174 Å². The molecule has 0 bridgehead atoms. The highest BCUT2D eigenvalue weighted by molar-refractivity contribution is 7.92. The number of hydrogen-bond acceptors (Lipinski definition) is 8. The van der Waals surface area contributed by atoms with Crippen molar-refractivity contribution >= 4 is 44.3 Å². The Bertz CT molecular complexity index is 1220. The maximum Gasteiger partial charge on any atom is 0.325 e. The number of aliphatic hydroxyl groups excluding tert-OH is 1. The minimum Gasteiger partial charge on any atom is -0.476 e. The van der Waals surface area contributed by atoms with Crippen molar-refractivity contribution in [2.75, 3.05) is 34.8 Å². The standard InChI is InChI=1S/C16H17F2N7O5S/c1-31(28,29)25-9-4-3-8(17)12(11(9)18)21-16(27)22-13-10-14(20-7-19-13)23-24-15(10)30-6-2-5-26/h3-4,7,25-26H,2,5-6H2,1H3,(H3,19,20,21,22,23,24,27). The third-order valence-corrected chi connectivity index (χ3v) is 4.31. The van der Waals surface area contributed by atoms with Gasteiger partial charge in [-0.15, -0.1) is 5.10 Å². The van der Waals surface area contributed by atoms with Crippen LogP contribution in [-0.2, 0) is 10.0 Å². The van der Waals surface area contributed by atoms with Gasteiger partial charge in [0.15, 0.2) is 17.3 Å². The smallest absolute Gasteiger partial charge is 0.325 e. The fourth-order valence-electron chi connectivity index (χ4n) is 2.46. The maximum absolute atomic E-state index is 14.5. The number of aliphatic hydroxyl groups is 1. The number of carbonyl (C=O) groups is 1. The van der Waals surface area contributed by atoms with Gasteiger partial charge in [0, 0.05) is 13.0 Å². The fourth-order valence-corrected chi connectivity index (χ4v) is 3.02. The molecule has 2 amide bonds. The molecule has 0 aliphatic carbocycles. The molecule has 15 heteroatoms. The van der Waals surface area contributed by atoms with E-state index in [1.165, 1.54) is 0 Å². The van der Waals surface area contributed by atoms with E-state index in [9.17, 15) is 22.0 Å². The Morgan fingerprint density at radius 1 is 1.26 bits per heavy atom. The van der Waals surface area contributed by atoms with Crippen LogP contribution in [0.4, 0.5) is 30.8 Å². The molecule has 5 N–H and O–H groups in total. The molecule has 31 heavy (non-hydrogen) atoms. The predicted molar refractivity (Wildman–Crippen MR) is 106 cm³/mol. The van der Waals surface area contributed by atoms with Gasteiger partial charge in [-0.3, -0.25) is 15.1 Å². The van der Waals surface area contributed by atoms with Gasteiger partial charge in [-0.2, -0.15) is 0 Å². The molecule has 0 saturated carbocycles. The van der Waals surface area contributed by atoms with Crippen molar-refractivity contribution in [1.82, 2.24) is 20.2 Å². The molecule has 0 unspecified atom stereocenters. The number of fused-ring (bicyclic) bond motifs is 1. The summed E-state index contributed by atoms with van der Waals surface area (Å²) in [5.74, 6) is -2.46. The molecule has 0 fully saturated rings. The molecule has 2 heterocycles. The van der Waals surface area contributed by atoms with Crippen LogP contribution < -0.4 is 20.1 Å². The summed E-state index contributed by atoms with van der Waals surface area (Å²) < 4.78 is 58.5. The number of nitrogens with one attached hydrogen (secondary N) is 4. The molecule has 12 nitrogen and oxygen atoms in total. The zero-order valence-corrected chi connectivity index (χ0v) is 16.8. The van der Waals surface area contributed by atoms with Gasteiger partial charge in [-0.05, 0) is 12.1 Å². The number of aromatic nitrogens is 4. The summed E-state index contributed by atoms with van der Waals surface area (Å²) in [5, 5.41) is 19.8. The van der Waals surface area contributed by atoms with Crippen LogP contribution in [0.25, 0.3) is 11.0 Å². The molecule has 0 saturated heterocycles. The first-order valence-corrected chi connectivity index (χ1v) is 10.5. The van der Waals surface area contributed by atoms with E-state index in [0.717, 1.165) is 24.7 Å². The van der Waals surface area contributed by atoms with Gasteiger partial charge in [0.2, 0.25) is 15.9 Å². The van der Waals surface area contributed by atoms with Gasteiger partial charge in [0.05, 0.1) is 18.6 Å². The number of H-pyrrole nitrogens is 1. The van der Waals surface area contributed by atoms with Crippen LogP contribution in [0, 0.1) is 11.6 Å². The van der Waals surface area contributed by atoms with E-state index in [-0.39, 0.29) is 35.9 Å². The van der Waals surface area contributed by atoms with Crippen LogP contribution in [-0.4, -0.2) is 59.2 Å². The Kier molecular flexibility index (Phi) is 6.45. The van der Waals surface area contributed by atoms with Crippen LogP contribution in [0.5, 0.6) is 5.88 Å². The lowest BCUT2D eigenvalue weighted by Gasteiger charge is -2.12. The third-order valence-electron chi connectivity index (χ3n) is 3.72. The highest BCUT2D eigenvalue weighted by Crippen LogP contribution is 2.29. The predicted octanol–water partition coefficient (Wildman–Crippen LogP) is 1.41. The van der Waals surface area contributed by atoms with Gasteiger partial charge in [0.25, 0.3) is 0 Å². The number of rotatable bonds is 8. The Morgan fingerprint density at radius 3 is 2.74 bits per heavy atom. The summed E-state index contributed by atoms with van der Waals surface area (Å²) in [6.45, 7) is 0.0320. The molecular weight excluding hydrogens is 440 g/mol.